The molecular weight excluding hydrogens is 298 g/mol. The number of carbonyl (C=O) groups is 2. The van der Waals surface area contributed by atoms with Gasteiger partial charge in [-0.25, -0.2) is 4.79 Å². The van der Waals surface area contributed by atoms with Crippen molar-refractivity contribution in [1.82, 2.24) is 5.32 Å². The Labute approximate surface area is 132 Å². The van der Waals surface area contributed by atoms with E-state index in [1.54, 1.807) is 54.6 Å². The Morgan fingerprint density at radius 1 is 1.04 bits per heavy atom. The van der Waals surface area contributed by atoms with Crippen LogP contribution in [0.4, 0.5) is 0 Å². The van der Waals surface area contributed by atoms with Crippen molar-refractivity contribution in [3.05, 3.63) is 60.2 Å². The Bertz CT molecular complexity index is 716. The second-order valence-electron chi connectivity index (χ2n) is 5.05. The molecule has 0 bridgehead atoms. The number of nitrogens with one attached hydrogen (secondary N) is 1. The summed E-state index contributed by atoms with van der Waals surface area (Å²) in [5, 5.41) is 11.8. The van der Waals surface area contributed by atoms with Gasteiger partial charge in [0.25, 0.3) is 5.91 Å². The van der Waals surface area contributed by atoms with Crippen molar-refractivity contribution in [2.45, 2.75) is 12.1 Å². The molecule has 0 spiro atoms. The number of carbonyl (C=O) groups excluding carboxylic acids is 1. The lowest BCUT2D eigenvalue weighted by Gasteiger charge is -2.26. The van der Waals surface area contributed by atoms with Gasteiger partial charge in [-0.3, -0.25) is 4.79 Å². The largest absolute Gasteiger partial charge is 0.485 e. The molecule has 0 saturated carbocycles. The maximum Gasteiger partial charge on any atom is 0.330 e. The second kappa shape index (κ2) is 6.39. The van der Waals surface area contributed by atoms with Crippen molar-refractivity contribution in [3.63, 3.8) is 0 Å². The number of para-hydroxylation sites is 2. The quantitative estimate of drug-likeness (QED) is 0.898. The van der Waals surface area contributed by atoms with E-state index in [-0.39, 0.29) is 6.61 Å². The summed E-state index contributed by atoms with van der Waals surface area (Å²) in [7, 11) is 0. The molecule has 1 amide bonds. The summed E-state index contributed by atoms with van der Waals surface area (Å²) in [5.74, 6) is -0.641. The SMILES string of the molecule is O=C(N[C@H](C(=O)O)c1ccccc1)C1COc2ccccc2O1. The number of carboxylic acids is 1. The van der Waals surface area contributed by atoms with Crippen LogP contribution in [0, 0.1) is 0 Å². The highest BCUT2D eigenvalue weighted by atomic mass is 16.6. The van der Waals surface area contributed by atoms with E-state index in [1.165, 1.54) is 0 Å². The van der Waals surface area contributed by atoms with Crippen LogP contribution in [0.3, 0.4) is 0 Å². The van der Waals surface area contributed by atoms with Crippen molar-refractivity contribution >= 4 is 11.9 Å². The second-order valence-corrected chi connectivity index (χ2v) is 5.05. The van der Waals surface area contributed by atoms with Crippen molar-refractivity contribution < 1.29 is 24.2 Å². The molecule has 2 aromatic rings. The van der Waals surface area contributed by atoms with Crippen molar-refractivity contribution in [3.8, 4) is 11.5 Å². The lowest BCUT2D eigenvalue weighted by molar-refractivity contribution is -0.143. The number of fused-ring (bicyclic) bond motifs is 1. The minimum absolute atomic E-state index is 0.0317. The highest BCUT2D eigenvalue weighted by Crippen LogP contribution is 2.31. The zero-order valence-electron chi connectivity index (χ0n) is 12.1. The van der Waals surface area contributed by atoms with Gasteiger partial charge >= 0.3 is 5.97 Å². The van der Waals surface area contributed by atoms with Crippen LogP contribution in [0.2, 0.25) is 0 Å². The summed E-state index contributed by atoms with van der Waals surface area (Å²) in [6.07, 6.45) is -0.893. The average Bonchev–Trinajstić information content (AvgIpc) is 2.59. The monoisotopic (exact) mass is 313 g/mol. The highest BCUT2D eigenvalue weighted by Gasteiger charge is 2.31. The number of amides is 1. The Hall–Kier alpha value is -3.02. The minimum atomic E-state index is -1.14. The fourth-order valence-corrected chi connectivity index (χ4v) is 2.32. The summed E-state index contributed by atoms with van der Waals surface area (Å²) >= 11 is 0. The Morgan fingerprint density at radius 2 is 1.70 bits per heavy atom. The van der Waals surface area contributed by atoms with E-state index in [0.29, 0.717) is 17.1 Å². The van der Waals surface area contributed by atoms with Gasteiger partial charge in [0.1, 0.15) is 6.61 Å². The molecule has 2 atom stereocenters. The predicted octanol–water partition coefficient (Wildman–Crippen LogP) is 1.77. The fourth-order valence-electron chi connectivity index (χ4n) is 2.32. The van der Waals surface area contributed by atoms with E-state index in [9.17, 15) is 14.7 Å². The van der Waals surface area contributed by atoms with Crippen LogP contribution < -0.4 is 14.8 Å². The van der Waals surface area contributed by atoms with E-state index < -0.39 is 24.0 Å². The van der Waals surface area contributed by atoms with Crippen LogP contribution in [-0.4, -0.2) is 29.7 Å². The van der Waals surface area contributed by atoms with E-state index >= 15 is 0 Å². The molecule has 6 nitrogen and oxygen atoms in total. The molecule has 23 heavy (non-hydrogen) atoms. The summed E-state index contributed by atoms with van der Waals surface area (Å²) in [6.45, 7) is 0.0317. The van der Waals surface area contributed by atoms with E-state index in [4.69, 9.17) is 9.47 Å². The molecule has 0 aliphatic carbocycles. The van der Waals surface area contributed by atoms with Crippen molar-refractivity contribution in [1.29, 1.82) is 0 Å². The number of aliphatic carboxylic acids is 1. The number of hydrogen-bond donors (Lipinski definition) is 2. The van der Waals surface area contributed by atoms with E-state index in [1.807, 2.05) is 0 Å². The number of carboxylic acid groups (broad SMARTS) is 1. The average molecular weight is 313 g/mol. The molecule has 0 aromatic heterocycles. The first-order valence-electron chi connectivity index (χ1n) is 7.12. The fraction of sp³-hybridized carbons (Fsp3) is 0.176. The molecule has 118 valence electrons. The number of rotatable bonds is 4. The van der Waals surface area contributed by atoms with Gasteiger partial charge in [-0.1, -0.05) is 42.5 Å². The molecule has 0 fully saturated rings. The lowest BCUT2D eigenvalue weighted by Crippen LogP contribution is -2.46. The Kier molecular flexibility index (Phi) is 4.14. The zero-order chi connectivity index (χ0) is 16.2. The molecule has 1 unspecified atom stereocenters. The van der Waals surface area contributed by atoms with Crippen molar-refractivity contribution in [2.75, 3.05) is 6.61 Å². The van der Waals surface area contributed by atoms with Crippen LogP contribution in [0.5, 0.6) is 11.5 Å². The molecule has 1 heterocycles. The van der Waals surface area contributed by atoms with Crippen LogP contribution in [0.15, 0.2) is 54.6 Å². The third kappa shape index (κ3) is 3.26. The van der Waals surface area contributed by atoms with Gasteiger partial charge in [-0.15, -0.1) is 0 Å². The molecular formula is C17H15NO5. The molecule has 2 N–H and O–H groups in total. The standard InChI is InChI=1S/C17H15NO5/c19-16(14-10-22-12-8-4-5-9-13(12)23-14)18-15(17(20)21)11-6-2-1-3-7-11/h1-9,14-15H,10H2,(H,18,19)(H,20,21)/t14?,15-/m0/s1. The van der Waals surface area contributed by atoms with Gasteiger partial charge in [0, 0.05) is 0 Å². The molecule has 3 rings (SSSR count). The molecule has 0 radical (unpaired) electrons. The Morgan fingerprint density at radius 3 is 2.39 bits per heavy atom. The van der Waals surface area contributed by atoms with Gasteiger partial charge in [0.2, 0.25) is 6.10 Å². The maximum absolute atomic E-state index is 12.3. The van der Waals surface area contributed by atoms with Crippen LogP contribution in [0.25, 0.3) is 0 Å². The van der Waals surface area contributed by atoms with Crippen LogP contribution in [0.1, 0.15) is 11.6 Å². The molecule has 0 saturated heterocycles. The van der Waals surface area contributed by atoms with Gasteiger partial charge in [-0.05, 0) is 17.7 Å². The van der Waals surface area contributed by atoms with E-state index in [2.05, 4.69) is 5.32 Å². The lowest BCUT2D eigenvalue weighted by atomic mass is 10.1. The van der Waals surface area contributed by atoms with Crippen LogP contribution >= 0.6 is 0 Å². The van der Waals surface area contributed by atoms with Crippen molar-refractivity contribution in [2.24, 2.45) is 0 Å². The van der Waals surface area contributed by atoms with Gasteiger partial charge in [0.15, 0.2) is 17.5 Å². The minimum Gasteiger partial charge on any atom is -0.485 e. The topological polar surface area (TPSA) is 84.9 Å². The molecule has 6 heteroatoms. The van der Waals surface area contributed by atoms with E-state index in [0.717, 1.165) is 0 Å². The summed E-state index contributed by atoms with van der Waals surface area (Å²) in [4.78, 5) is 23.7. The van der Waals surface area contributed by atoms with Gasteiger partial charge in [-0.2, -0.15) is 0 Å². The van der Waals surface area contributed by atoms with Crippen LogP contribution in [-0.2, 0) is 9.59 Å². The van der Waals surface area contributed by atoms with Gasteiger partial charge < -0.3 is 19.9 Å². The predicted molar refractivity (Wildman–Crippen MR) is 81.3 cm³/mol. The molecule has 1 aliphatic rings. The Balaban J connectivity index is 1.72. The first-order chi connectivity index (χ1) is 11.1. The number of benzene rings is 2. The summed E-state index contributed by atoms with van der Waals surface area (Å²) in [6, 6.07) is 14.4. The number of ether oxygens (including phenoxy) is 2. The first-order valence-corrected chi connectivity index (χ1v) is 7.12. The zero-order valence-corrected chi connectivity index (χ0v) is 12.1. The molecule has 2 aromatic carbocycles. The normalized spacial score (nSPS) is 17.1. The van der Waals surface area contributed by atoms with Gasteiger partial charge in [0.05, 0.1) is 0 Å². The first kappa shape index (κ1) is 14.9. The molecule has 1 aliphatic heterocycles. The summed E-state index contributed by atoms with van der Waals surface area (Å²) in [5.41, 5.74) is 0.491. The maximum atomic E-state index is 12.3. The third-order valence-corrected chi connectivity index (χ3v) is 3.47. The summed E-state index contributed by atoms with van der Waals surface area (Å²) < 4.78 is 11.1. The smallest absolute Gasteiger partial charge is 0.330 e. The third-order valence-electron chi connectivity index (χ3n) is 3.47. The number of hydrogen-bond acceptors (Lipinski definition) is 4. The highest BCUT2D eigenvalue weighted by molar-refractivity contribution is 5.87.